The standard InChI is InChI=1S/C24H32N2O2.2ClH/c1-16-8-9-20-21(24(16)27)14-22(28-23(20)15-25)19-10-12-26(13-11-19)17(2)18-6-4-3-5-7-18;;/h3-9,17,19,22-23,27H,10-15,25H2,1-2H3;2*1H/t17?,22-,23-;;/m0../s1. The molecule has 2 aromatic rings. The van der Waals surface area contributed by atoms with Gasteiger partial charge in [0.25, 0.3) is 0 Å². The summed E-state index contributed by atoms with van der Waals surface area (Å²) in [5.41, 5.74) is 10.4. The van der Waals surface area contributed by atoms with Crippen LogP contribution in [-0.4, -0.2) is 35.7 Å². The summed E-state index contributed by atoms with van der Waals surface area (Å²) < 4.78 is 6.42. The van der Waals surface area contributed by atoms with Gasteiger partial charge < -0.3 is 15.6 Å². The van der Waals surface area contributed by atoms with Crippen LogP contribution in [0.5, 0.6) is 5.75 Å². The molecule has 3 N–H and O–H groups in total. The van der Waals surface area contributed by atoms with Gasteiger partial charge >= 0.3 is 0 Å². The van der Waals surface area contributed by atoms with Gasteiger partial charge in [-0.2, -0.15) is 0 Å². The normalized spacial score (nSPS) is 23.0. The van der Waals surface area contributed by atoms with Crippen molar-refractivity contribution in [2.24, 2.45) is 11.7 Å². The third-order valence-corrected chi connectivity index (χ3v) is 6.76. The summed E-state index contributed by atoms with van der Waals surface area (Å²) in [6, 6.07) is 15.2. The van der Waals surface area contributed by atoms with Crippen LogP contribution in [0.25, 0.3) is 0 Å². The van der Waals surface area contributed by atoms with Crippen molar-refractivity contribution >= 4 is 24.8 Å². The average molecular weight is 453 g/mol. The maximum absolute atomic E-state index is 10.6. The lowest BCUT2D eigenvalue weighted by Gasteiger charge is -2.42. The Bertz CT molecular complexity index is 810. The number of aryl methyl sites for hydroxylation is 1. The summed E-state index contributed by atoms with van der Waals surface area (Å²) >= 11 is 0. The molecule has 3 atom stereocenters. The number of phenolic OH excluding ortho intramolecular Hbond substituents is 1. The van der Waals surface area contributed by atoms with Gasteiger partial charge in [-0.25, -0.2) is 0 Å². The number of fused-ring (bicyclic) bond motifs is 1. The number of rotatable bonds is 4. The fourth-order valence-electron chi connectivity index (χ4n) is 4.90. The number of hydrogen-bond donors (Lipinski definition) is 2. The zero-order valence-corrected chi connectivity index (χ0v) is 19.4. The second-order valence-electron chi connectivity index (χ2n) is 8.36. The minimum absolute atomic E-state index is 0. The highest BCUT2D eigenvalue weighted by Crippen LogP contribution is 2.40. The predicted molar refractivity (Wildman–Crippen MR) is 127 cm³/mol. The van der Waals surface area contributed by atoms with Gasteiger partial charge in [0.15, 0.2) is 0 Å². The lowest BCUT2D eigenvalue weighted by molar-refractivity contribution is -0.0667. The molecule has 2 aliphatic rings. The van der Waals surface area contributed by atoms with E-state index in [4.69, 9.17) is 10.5 Å². The van der Waals surface area contributed by atoms with E-state index in [0.717, 1.165) is 49.0 Å². The van der Waals surface area contributed by atoms with Crippen LogP contribution in [0.15, 0.2) is 42.5 Å². The third kappa shape index (κ3) is 4.95. The van der Waals surface area contributed by atoms with Crippen molar-refractivity contribution < 1.29 is 9.84 Å². The third-order valence-electron chi connectivity index (χ3n) is 6.76. The van der Waals surface area contributed by atoms with Gasteiger partial charge in [0, 0.05) is 24.6 Å². The number of piperidine rings is 1. The lowest BCUT2D eigenvalue weighted by Crippen LogP contribution is -2.42. The molecule has 4 rings (SSSR count). The van der Waals surface area contributed by atoms with Crippen molar-refractivity contribution in [3.63, 3.8) is 0 Å². The first-order valence-electron chi connectivity index (χ1n) is 10.5. The number of phenols is 1. The first-order chi connectivity index (χ1) is 13.6. The molecule has 2 aliphatic heterocycles. The Morgan fingerprint density at radius 3 is 2.40 bits per heavy atom. The van der Waals surface area contributed by atoms with Crippen LogP contribution >= 0.6 is 24.8 Å². The zero-order valence-electron chi connectivity index (χ0n) is 17.8. The van der Waals surface area contributed by atoms with Gasteiger partial charge in [-0.1, -0.05) is 42.5 Å². The molecule has 1 unspecified atom stereocenters. The van der Waals surface area contributed by atoms with Crippen molar-refractivity contribution in [2.45, 2.75) is 51.4 Å². The first kappa shape index (κ1) is 25.0. The number of nitrogens with zero attached hydrogens (tertiary/aromatic N) is 1. The predicted octanol–water partition coefficient (Wildman–Crippen LogP) is 4.96. The van der Waals surface area contributed by atoms with E-state index in [0.29, 0.717) is 24.3 Å². The largest absolute Gasteiger partial charge is 0.507 e. The van der Waals surface area contributed by atoms with Crippen LogP contribution in [0.2, 0.25) is 0 Å². The maximum Gasteiger partial charge on any atom is 0.122 e. The molecule has 1 saturated heterocycles. The molecule has 0 spiro atoms. The molecule has 0 aromatic heterocycles. The number of benzene rings is 2. The van der Waals surface area contributed by atoms with Gasteiger partial charge in [0.2, 0.25) is 0 Å². The fourth-order valence-corrected chi connectivity index (χ4v) is 4.90. The number of halogens is 2. The maximum atomic E-state index is 10.6. The molecule has 0 amide bonds. The Morgan fingerprint density at radius 1 is 1.10 bits per heavy atom. The van der Waals surface area contributed by atoms with Gasteiger partial charge in [0.05, 0.1) is 12.2 Å². The van der Waals surface area contributed by atoms with Crippen molar-refractivity contribution in [3.05, 3.63) is 64.7 Å². The zero-order chi connectivity index (χ0) is 19.7. The van der Waals surface area contributed by atoms with E-state index in [1.807, 2.05) is 13.0 Å². The van der Waals surface area contributed by atoms with E-state index in [-0.39, 0.29) is 37.0 Å². The summed E-state index contributed by atoms with van der Waals surface area (Å²) in [5.74, 6) is 0.945. The van der Waals surface area contributed by atoms with E-state index in [9.17, 15) is 5.11 Å². The van der Waals surface area contributed by atoms with E-state index >= 15 is 0 Å². The van der Waals surface area contributed by atoms with Gasteiger partial charge in [-0.15, -0.1) is 24.8 Å². The smallest absolute Gasteiger partial charge is 0.122 e. The van der Waals surface area contributed by atoms with Crippen LogP contribution < -0.4 is 5.73 Å². The van der Waals surface area contributed by atoms with Gasteiger partial charge in [-0.05, 0) is 62.4 Å². The Kier molecular flexibility index (Phi) is 9.01. The second-order valence-corrected chi connectivity index (χ2v) is 8.36. The molecule has 0 aliphatic carbocycles. The Balaban J connectivity index is 0.00000160. The molecule has 4 nitrogen and oxygen atoms in total. The Morgan fingerprint density at radius 2 is 1.77 bits per heavy atom. The average Bonchev–Trinajstić information content (AvgIpc) is 2.76. The highest BCUT2D eigenvalue weighted by Gasteiger charge is 2.36. The summed E-state index contributed by atoms with van der Waals surface area (Å²) in [4.78, 5) is 2.57. The van der Waals surface area contributed by atoms with E-state index in [1.54, 1.807) is 0 Å². The molecule has 30 heavy (non-hydrogen) atoms. The second kappa shape index (κ2) is 10.8. The SMILES string of the molecule is Cc1ccc2c(c1O)C[C@@H](C1CCN(C(C)c3ccccc3)CC1)O[C@H]2CN.Cl.Cl. The monoisotopic (exact) mass is 452 g/mol. The molecule has 0 bridgehead atoms. The van der Waals surface area contributed by atoms with Gasteiger partial charge in [-0.3, -0.25) is 4.90 Å². The van der Waals surface area contributed by atoms with Crippen LogP contribution in [0.4, 0.5) is 0 Å². The van der Waals surface area contributed by atoms with Crippen molar-refractivity contribution in [1.82, 2.24) is 4.90 Å². The highest BCUT2D eigenvalue weighted by atomic mass is 35.5. The topological polar surface area (TPSA) is 58.7 Å². The molecule has 1 fully saturated rings. The minimum atomic E-state index is -0.110. The number of likely N-dealkylation sites (tertiary alicyclic amines) is 1. The lowest BCUT2D eigenvalue weighted by atomic mass is 9.82. The molecule has 0 saturated carbocycles. The summed E-state index contributed by atoms with van der Waals surface area (Å²) in [5, 5.41) is 10.6. The minimum Gasteiger partial charge on any atom is -0.507 e. The van der Waals surface area contributed by atoms with Crippen molar-refractivity contribution in [1.29, 1.82) is 0 Å². The fraction of sp³-hybridized carbons (Fsp3) is 0.500. The molecule has 0 radical (unpaired) electrons. The number of nitrogens with two attached hydrogens (primary N) is 1. The Hall–Kier alpha value is -1.30. The molecule has 2 heterocycles. The summed E-state index contributed by atoms with van der Waals surface area (Å²) in [6.07, 6.45) is 3.07. The number of aromatic hydroxyl groups is 1. The van der Waals surface area contributed by atoms with Crippen LogP contribution in [0.1, 0.15) is 54.2 Å². The molecular formula is C24H34Cl2N2O2. The van der Waals surface area contributed by atoms with E-state index in [2.05, 4.69) is 48.2 Å². The van der Waals surface area contributed by atoms with Crippen LogP contribution in [0.3, 0.4) is 0 Å². The number of ether oxygens (including phenoxy) is 1. The quantitative estimate of drug-likeness (QED) is 0.687. The Labute approximate surface area is 192 Å². The molecule has 166 valence electrons. The summed E-state index contributed by atoms with van der Waals surface area (Å²) in [7, 11) is 0. The van der Waals surface area contributed by atoms with Crippen LogP contribution in [-0.2, 0) is 11.2 Å². The summed E-state index contributed by atoms with van der Waals surface area (Å²) in [6.45, 7) is 6.88. The van der Waals surface area contributed by atoms with Crippen LogP contribution in [0, 0.1) is 12.8 Å². The van der Waals surface area contributed by atoms with Crippen molar-refractivity contribution in [2.75, 3.05) is 19.6 Å². The van der Waals surface area contributed by atoms with E-state index < -0.39 is 0 Å². The first-order valence-corrected chi connectivity index (χ1v) is 10.5. The molecule has 6 heteroatoms. The van der Waals surface area contributed by atoms with Gasteiger partial charge in [0.1, 0.15) is 5.75 Å². The highest BCUT2D eigenvalue weighted by molar-refractivity contribution is 5.85. The number of hydrogen-bond acceptors (Lipinski definition) is 4. The molecular weight excluding hydrogens is 419 g/mol. The molecule has 2 aromatic carbocycles. The van der Waals surface area contributed by atoms with Crippen molar-refractivity contribution in [3.8, 4) is 5.75 Å². The van der Waals surface area contributed by atoms with E-state index in [1.165, 1.54) is 5.56 Å².